The van der Waals surface area contributed by atoms with Crippen molar-refractivity contribution in [3.8, 4) is 17.2 Å². The third-order valence-corrected chi connectivity index (χ3v) is 7.09. The molecule has 0 spiro atoms. The second-order valence-corrected chi connectivity index (χ2v) is 11.9. The Morgan fingerprint density at radius 3 is 2.21 bits per heavy atom. The molecule has 0 bridgehead atoms. The fourth-order valence-electron chi connectivity index (χ4n) is 4.41. The van der Waals surface area contributed by atoms with E-state index in [1.807, 2.05) is 51.1 Å². The monoisotopic (exact) mass is 548 g/mol. The van der Waals surface area contributed by atoms with E-state index in [0.29, 0.717) is 6.42 Å². The molecule has 208 valence electrons. The highest BCUT2D eigenvalue weighted by atomic mass is 32.2. The summed E-state index contributed by atoms with van der Waals surface area (Å²) in [6, 6.07) is 26.9. The van der Waals surface area contributed by atoms with E-state index in [1.54, 1.807) is 0 Å². The molecule has 1 heterocycles. The fraction of sp³-hybridized carbons (Fsp3) is 0.375. The number of ether oxygens (including phenoxy) is 2. The smallest absolute Gasteiger partial charge is 0.408 e. The van der Waals surface area contributed by atoms with Crippen molar-refractivity contribution >= 4 is 17.0 Å². The minimum atomic E-state index is -1.05. The maximum atomic E-state index is 12.5. The molecule has 0 radical (unpaired) electrons. The summed E-state index contributed by atoms with van der Waals surface area (Å²) < 4.78 is 22.7. The van der Waals surface area contributed by atoms with Gasteiger partial charge in [0.2, 0.25) is 0 Å². The van der Waals surface area contributed by atoms with Crippen molar-refractivity contribution in [2.24, 2.45) is 0 Å². The van der Waals surface area contributed by atoms with Gasteiger partial charge in [-0.1, -0.05) is 54.6 Å². The van der Waals surface area contributed by atoms with Gasteiger partial charge in [0.05, 0.1) is 5.54 Å². The number of benzene rings is 3. The van der Waals surface area contributed by atoms with Crippen molar-refractivity contribution < 1.29 is 22.6 Å². The summed E-state index contributed by atoms with van der Waals surface area (Å²) in [6.07, 6.45) is 3.80. The van der Waals surface area contributed by atoms with E-state index in [0.717, 1.165) is 37.2 Å². The molecule has 0 saturated carbocycles. The van der Waals surface area contributed by atoms with Gasteiger partial charge in [-0.05, 0) is 93.8 Å². The minimum Gasteiger partial charge on any atom is -0.457 e. The Bertz CT molecular complexity index is 1280. The molecule has 1 fully saturated rings. The van der Waals surface area contributed by atoms with Gasteiger partial charge in [-0.2, -0.15) is 0 Å². The van der Waals surface area contributed by atoms with E-state index >= 15 is 0 Å². The van der Waals surface area contributed by atoms with Gasteiger partial charge in [0, 0.05) is 13.2 Å². The van der Waals surface area contributed by atoms with E-state index in [4.69, 9.17) is 23.5 Å². The number of amides is 1. The second kappa shape index (κ2) is 13.2. The van der Waals surface area contributed by atoms with Crippen LogP contribution in [0.3, 0.4) is 0 Å². The number of aryl methyl sites for hydroxylation is 3. The third kappa shape index (κ3) is 9.48. The summed E-state index contributed by atoms with van der Waals surface area (Å²) in [5.74, 6) is 1.63. The lowest BCUT2D eigenvalue weighted by atomic mass is 9.93. The van der Waals surface area contributed by atoms with Crippen LogP contribution in [0.2, 0.25) is 0 Å². The first kappa shape index (κ1) is 28.8. The maximum Gasteiger partial charge on any atom is 0.408 e. The molecule has 1 amide bonds. The summed E-state index contributed by atoms with van der Waals surface area (Å²) in [4.78, 5) is 12.5. The van der Waals surface area contributed by atoms with E-state index in [2.05, 4.69) is 53.8 Å². The molecule has 0 atom stereocenters. The SMILES string of the molecule is C#[S-]1OCC(CCCc2ccc(Oc3cccc(CCc4ccccc4)c3)cc2)(NC(=O)OC(C)(C)C)CO1. The van der Waals surface area contributed by atoms with Gasteiger partial charge in [-0.3, -0.25) is 5.69 Å². The first-order valence-corrected chi connectivity index (χ1v) is 14.5. The lowest BCUT2D eigenvalue weighted by Crippen LogP contribution is -2.58. The molecule has 3 aromatic carbocycles. The first-order valence-electron chi connectivity index (χ1n) is 13.3. The summed E-state index contributed by atoms with van der Waals surface area (Å²) in [5.41, 5.74) is 8.25. The lowest BCUT2D eigenvalue weighted by molar-refractivity contribution is 0.0257. The Morgan fingerprint density at radius 1 is 0.872 bits per heavy atom. The van der Waals surface area contributed by atoms with Crippen LogP contribution in [-0.4, -0.2) is 30.4 Å². The Kier molecular flexibility index (Phi) is 9.76. The predicted molar refractivity (Wildman–Crippen MR) is 156 cm³/mol. The molecule has 4 rings (SSSR count). The van der Waals surface area contributed by atoms with Gasteiger partial charge in [0.1, 0.15) is 17.1 Å². The minimum absolute atomic E-state index is 0.281. The van der Waals surface area contributed by atoms with E-state index in [9.17, 15) is 4.79 Å². The highest BCUT2D eigenvalue weighted by Gasteiger charge is 2.34. The Hall–Kier alpha value is -3.22. The Morgan fingerprint density at radius 2 is 1.51 bits per heavy atom. The van der Waals surface area contributed by atoms with Crippen LogP contribution in [0.1, 0.15) is 50.3 Å². The van der Waals surface area contributed by atoms with E-state index in [1.165, 1.54) is 16.7 Å². The summed E-state index contributed by atoms with van der Waals surface area (Å²) in [7, 11) is -1.05. The zero-order valence-corrected chi connectivity index (χ0v) is 23.8. The van der Waals surface area contributed by atoms with E-state index in [-0.39, 0.29) is 13.2 Å². The van der Waals surface area contributed by atoms with Gasteiger partial charge in [0.15, 0.2) is 0 Å². The van der Waals surface area contributed by atoms with Crippen molar-refractivity contribution in [1.82, 2.24) is 5.32 Å². The fourth-order valence-corrected chi connectivity index (χ4v) is 5.16. The van der Waals surface area contributed by atoms with Crippen LogP contribution >= 0.6 is 0 Å². The number of carbonyl (C=O) groups is 1. The molecule has 7 heteroatoms. The number of carbonyl (C=O) groups excluding carboxylic acids is 1. The molecule has 1 saturated heterocycles. The molecule has 3 aromatic rings. The number of alkyl carbamates (subject to hydrolysis) is 1. The quantitative estimate of drug-likeness (QED) is 0.278. The van der Waals surface area contributed by atoms with Crippen LogP contribution in [-0.2, 0) is 43.2 Å². The van der Waals surface area contributed by atoms with Crippen molar-refractivity contribution in [1.29, 1.82) is 0 Å². The highest BCUT2D eigenvalue weighted by molar-refractivity contribution is 7.76. The second-order valence-electron chi connectivity index (χ2n) is 10.9. The molecule has 1 aliphatic heterocycles. The van der Waals surface area contributed by atoms with Gasteiger partial charge < -0.3 is 23.2 Å². The summed E-state index contributed by atoms with van der Waals surface area (Å²) >= 11 is 0. The lowest BCUT2D eigenvalue weighted by Gasteiger charge is -2.43. The van der Waals surface area contributed by atoms with Crippen molar-refractivity contribution in [2.75, 3.05) is 13.2 Å². The number of rotatable bonds is 10. The first-order chi connectivity index (χ1) is 18.7. The van der Waals surface area contributed by atoms with Crippen LogP contribution < -0.4 is 10.1 Å². The zero-order chi connectivity index (χ0) is 27.7. The largest absolute Gasteiger partial charge is 0.457 e. The third-order valence-electron chi connectivity index (χ3n) is 6.39. The number of hydrogen-bond acceptors (Lipinski definition) is 6. The van der Waals surface area contributed by atoms with Crippen molar-refractivity contribution in [2.45, 2.75) is 64.0 Å². The maximum absolute atomic E-state index is 12.5. The van der Waals surface area contributed by atoms with Crippen LogP contribution in [0, 0.1) is 5.69 Å². The predicted octanol–water partition coefficient (Wildman–Crippen LogP) is 6.93. The number of hydrogen-bond donors (Lipinski definition) is 1. The van der Waals surface area contributed by atoms with Crippen LogP contribution in [0.25, 0.3) is 0 Å². The van der Waals surface area contributed by atoms with Crippen LogP contribution in [0.5, 0.6) is 11.5 Å². The standard InChI is InChI=1S/C32H38NO5S/c1-31(2,3)38-30(34)33-32(23-35-39(4)36-24-32)21-9-13-26-17-19-28(20-18-26)37-29-14-8-12-27(22-29)16-15-25-10-6-5-7-11-25/h4-8,10-12,14,17-20,22H,9,13,15-16,21,23-24H2,1-3H3,(H,33,34)/q-1. The van der Waals surface area contributed by atoms with Gasteiger partial charge >= 0.3 is 6.09 Å². The van der Waals surface area contributed by atoms with Crippen molar-refractivity contribution in [3.05, 3.63) is 95.6 Å². The topological polar surface area (TPSA) is 66.0 Å². The summed E-state index contributed by atoms with van der Waals surface area (Å²) in [5, 5.41) is 2.97. The molecular formula is C32H38NO5S-. The normalized spacial score (nSPS) is 15.4. The molecule has 1 N–H and O–H groups in total. The average Bonchev–Trinajstić information content (AvgIpc) is 2.90. The molecule has 0 unspecified atom stereocenters. The van der Waals surface area contributed by atoms with Gasteiger partial charge in [0.25, 0.3) is 0 Å². The molecule has 0 aliphatic carbocycles. The van der Waals surface area contributed by atoms with Crippen LogP contribution in [0.15, 0.2) is 78.9 Å². The van der Waals surface area contributed by atoms with Crippen molar-refractivity contribution in [3.63, 3.8) is 0 Å². The molecular weight excluding hydrogens is 510 g/mol. The molecule has 0 aromatic heterocycles. The molecule has 6 nitrogen and oxygen atoms in total. The average molecular weight is 549 g/mol. The molecule has 39 heavy (non-hydrogen) atoms. The Labute approximate surface area is 234 Å². The Balaban J connectivity index is 1.29. The van der Waals surface area contributed by atoms with Crippen LogP contribution in [0.4, 0.5) is 4.79 Å². The van der Waals surface area contributed by atoms with E-state index < -0.39 is 28.1 Å². The number of nitrogens with one attached hydrogen (secondary N) is 1. The van der Waals surface area contributed by atoms with Gasteiger partial charge in [-0.15, -0.1) is 0 Å². The summed E-state index contributed by atoms with van der Waals surface area (Å²) in [6.45, 7) is 6.06. The zero-order valence-electron chi connectivity index (χ0n) is 23.0. The highest BCUT2D eigenvalue weighted by Crippen LogP contribution is 2.26. The molecule has 1 aliphatic rings. The van der Waals surface area contributed by atoms with Gasteiger partial charge in [-0.25, -0.2) is 15.7 Å².